The van der Waals surface area contributed by atoms with E-state index in [4.69, 9.17) is 5.11 Å². The topological polar surface area (TPSA) is 37.3 Å². The van der Waals surface area contributed by atoms with Crippen LogP contribution in [-0.2, 0) is 4.79 Å². The van der Waals surface area contributed by atoms with Crippen molar-refractivity contribution in [2.24, 2.45) is 0 Å². The van der Waals surface area contributed by atoms with Crippen molar-refractivity contribution in [3.8, 4) is 0 Å². The molecule has 0 spiro atoms. The van der Waals surface area contributed by atoms with Crippen molar-refractivity contribution in [1.29, 1.82) is 0 Å². The predicted octanol–water partition coefficient (Wildman–Crippen LogP) is 5.15. The molecule has 0 aliphatic carbocycles. The molecule has 0 aromatic rings. The molecule has 17 heavy (non-hydrogen) atoms. The van der Waals surface area contributed by atoms with E-state index in [0.29, 0.717) is 6.42 Å². The van der Waals surface area contributed by atoms with Crippen molar-refractivity contribution in [3.05, 3.63) is 0 Å². The largest absolute Gasteiger partial charge is 0.481 e. The maximum absolute atomic E-state index is 10.3. The first-order chi connectivity index (χ1) is 8.27. The third-order valence-electron chi connectivity index (χ3n) is 3.02. The van der Waals surface area contributed by atoms with E-state index in [-0.39, 0.29) is 0 Å². The number of carboxylic acid groups (broad SMARTS) is 1. The number of hydrogen-bond acceptors (Lipinski definition) is 1. The smallest absolute Gasteiger partial charge is 0.303 e. The number of halogens is 1. The van der Waals surface area contributed by atoms with Crippen LogP contribution < -0.4 is 0 Å². The van der Waals surface area contributed by atoms with Crippen LogP contribution in [0.15, 0.2) is 0 Å². The molecule has 0 aromatic heterocycles. The highest BCUT2D eigenvalue weighted by atomic mass is 79.9. The maximum atomic E-state index is 10.3. The molecular weight excluding hydrogens is 280 g/mol. The van der Waals surface area contributed by atoms with Gasteiger partial charge in [-0.2, -0.15) is 0 Å². The van der Waals surface area contributed by atoms with E-state index in [0.717, 1.165) is 18.2 Å². The summed E-state index contributed by atoms with van der Waals surface area (Å²) in [6.07, 6.45) is 14.2. The van der Waals surface area contributed by atoms with E-state index in [1.54, 1.807) is 0 Å². The molecule has 0 aliphatic heterocycles. The lowest BCUT2D eigenvalue weighted by atomic mass is 10.1. The zero-order valence-electron chi connectivity index (χ0n) is 10.9. The second-order valence-electron chi connectivity index (χ2n) is 4.72. The van der Waals surface area contributed by atoms with Crippen molar-refractivity contribution in [1.82, 2.24) is 0 Å². The van der Waals surface area contributed by atoms with E-state index < -0.39 is 5.97 Å². The summed E-state index contributed by atoms with van der Waals surface area (Å²) < 4.78 is 0. The van der Waals surface area contributed by atoms with Gasteiger partial charge in [-0.3, -0.25) is 4.79 Å². The second-order valence-corrected chi connectivity index (χ2v) is 5.51. The Labute approximate surface area is 114 Å². The molecule has 0 saturated heterocycles. The standard InChI is InChI=1S/C14H27BrO2/c15-13-11-9-7-5-3-1-2-4-6-8-10-12-14(16)17/h1-13H2,(H,16,17). The molecule has 0 radical (unpaired) electrons. The van der Waals surface area contributed by atoms with Gasteiger partial charge in [0.25, 0.3) is 0 Å². The molecule has 1 N–H and O–H groups in total. The first-order valence-corrected chi connectivity index (χ1v) is 8.17. The third-order valence-corrected chi connectivity index (χ3v) is 3.59. The number of aliphatic carboxylic acids is 1. The zero-order valence-corrected chi connectivity index (χ0v) is 12.5. The number of rotatable bonds is 13. The van der Waals surface area contributed by atoms with Crippen LogP contribution in [0.4, 0.5) is 0 Å². The highest BCUT2D eigenvalue weighted by Crippen LogP contribution is 2.12. The van der Waals surface area contributed by atoms with Gasteiger partial charge >= 0.3 is 5.97 Å². The number of unbranched alkanes of at least 4 members (excludes halogenated alkanes) is 10. The molecular formula is C14H27BrO2. The molecule has 0 aromatic carbocycles. The van der Waals surface area contributed by atoms with Gasteiger partial charge in [-0.15, -0.1) is 0 Å². The van der Waals surface area contributed by atoms with Crippen molar-refractivity contribution in [2.75, 3.05) is 5.33 Å². The minimum absolute atomic E-state index is 0.341. The Bertz CT molecular complexity index is 172. The van der Waals surface area contributed by atoms with Crippen LogP contribution in [0, 0.1) is 0 Å². The summed E-state index contributed by atoms with van der Waals surface area (Å²) in [5, 5.41) is 9.61. The normalized spacial score (nSPS) is 10.6. The van der Waals surface area contributed by atoms with Crippen molar-refractivity contribution < 1.29 is 9.90 Å². The summed E-state index contributed by atoms with van der Waals surface area (Å²) in [7, 11) is 0. The molecule has 2 nitrogen and oxygen atoms in total. The van der Waals surface area contributed by atoms with E-state index >= 15 is 0 Å². The van der Waals surface area contributed by atoms with Gasteiger partial charge in [0.1, 0.15) is 0 Å². The summed E-state index contributed by atoms with van der Waals surface area (Å²) in [6.45, 7) is 0. The zero-order chi connectivity index (χ0) is 12.8. The SMILES string of the molecule is O=C(O)CCCCCCCCCCCCCBr. The molecule has 3 heteroatoms. The van der Waals surface area contributed by atoms with Gasteiger partial charge in [-0.05, 0) is 12.8 Å². The van der Waals surface area contributed by atoms with Gasteiger partial charge in [0.05, 0.1) is 0 Å². The lowest BCUT2D eigenvalue weighted by Gasteiger charge is -2.01. The van der Waals surface area contributed by atoms with Crippen molar-refractivity contribution in [2.45, 2.75) is 77.0 Å². The summed E-state index contributed by atoms with van der Waals surface area (Å²) >= 11 is 3.45. The highest BCUT2D eigenvalue weighted by Gasteiger charge is 1.96. The summed E-state index contributed by atoms with van der Waals surface area (Å²) in [4.78, 5) is 10.3. The van der Waals surface area contributed by atoms with Crippen molar-refractivity contribution in [3.63, 3.8) is 0 Å². The van der Waals surface area contributed by atoms with E-state index in [9.17, 15) is 4.79 Å². The van der Waals surface area contributed by atoms with Crippen LogP contribution >= 0.6 is 15.9 Å². The lowest BCUT2D eigenvalue weighted by molar-refractivity contribution is -0.137. The van der Waals surface area contributed by atoms with Gasteiger partial charge in [-0.25, -0.2) is 0 Å². The molecule has 0 fully saturated rings. The second kappa shape index (κ2) is 14.0. The third kappa shape index (κ3) is 15.9. The van der Waals surface area contributed by atoms with Gasteiger partial charge in [0.2, 0.25) is 0 Å². The molecule has 0 rings (SSSR count). The van der Waals surface area contributed by atoms with E-state index in [2.05, 4.69) is 15.9 Å². The Morgan fingerprint density at radius 3 is 1.41 bits per heavy atom. The fourth-order valence-corrected chi connectivity index (χ4v) is 2.36. The fourth-order valence-electron chi connectivity index (χ4n) is 1.96. The Morgan fingerprint density at radius 2 is 1.06 bits per heavy atom. The number of alkyl halides is 1. The van der Waals surface area contributed by atoms with Gasteiger partial charge in [0, 0.05) is 11.8 Å². The Balaban J connectivity index is 2.91. The van der Waals surface area contributed by atoms with Crippen LogP contribution in [0.5, 0.6) is 0 Å². The molecule has 0 unspecified atom stereocenters. The fraction of sp³-hybridized carbons (Fsp3) is 0.929. The van der Waals surface area contributed by atoms with Crippen LogP contribution in [0.2, 0.25) is 0 Å². The van der Waals surface area contributed by atoms with Crippen LogP contribution in [0.3, 0.4) is 0 Å². The first-order valence-electron chi connectivity index (χ1n) is 7.05. The van der Waals surface area contributed by atoms with Gasteiger partial charge in [-0.1, -0.05) is 73.7 Å². The van der Waals surface area contributed by atoms with E-state index in [1.807, 2.05) is 0 Å². The first kappa shape index (κ1) is 16.9. The average Bonchev–Trinajstić information content (AvgIpc) is 2.30. The summed E-state index contributed by atoms with van der Waals surface area (Å²) in [6, 6.07) is 0. The minimum Gasteiger partial charge on any atom is -0.481 e. The molecule has 102 valence electrons. The predicted molar refractivity (Wildman–Crippen MR) is 76.8 cm³/mol. The van der Waals surface area contributed by atoms with Gasteiger partial charge < -0.3 is 5.11 Å². The van der Waals surface area contributed by atoms with Crippen LogP contribution in [-0.4, -0.2) is 16.4 Å². The molecule has 0 bridgehead atoms. The van der Waals surface area contributed by atoms with Crippen molar-refractivity contribution >= 4 is 21.9 Å². The van der Waals surface area contributed by atoms with Gasteiger partial charge in [0.15, 0.2) is 0 Å². The lowest BCUT2D eigenvalue weighted by Crippen LogP contribution is -1.93. The monoisotopic (exact) mass is 306 g/mol. The number of hydrogen-bond donors (Lipinski definition) is 1. The average molecular weight is 307 g/mol. The Hall–Kier alpha value is -0.0500. The highest BCUT2D eigenvalue weighted by molar-refractivity contribution is 9.09. The Kier molecular flexibility index (Phi) is 14.0. The summed E-state index contributed by atoms with van der Waals surface area (Å²) in [5.41, 5.74) is 0. The molecule has 0 saturated carbocycles. The number of carboxylic acids is 1. The minimum atomic E-state index is -0.659. The molecule has 0 aliphatic rings. The Morgan fingerprint density at radius 1 is 0.706 bits per heavy atom. The van der Waals surface area contributed by atoms with Crippen LogP contribution in [0.25, 0.3) is 0 Å². The molecule has 0 heterocycles. The number of carbonyl (C=O) groups is 1. The van der Waals surface area contributed by atoms with E-state index in [1.165, 1.54) is 57.8 Å². The maximum Gasteiger partial charge on any atom is 0.303 e. The molecule has 0 amide bonds. The van der Waals surface area contributed by atoms with Crippen LogP contribution in [0.1, 0.15) is 77.0 Å². The quantitative estimate of drug-likeness (QED) is 0.377. The summed E-state index contributed by atoms with van der Waals surface area (Å²) in [5.74, 6) is -0.659. The molecule has 0 atom stereocenters.